The smallest absolute Gasteiger partial charge is 0.321 e. The topological polar surface area (TPSA) is 40.5 Å². The zero-order valence-corrected chi connectivity index (χ0v) is 9.54. The lowest BCUT2D eigenvalue weighted by atomic mass is 10.0. The first kappa shape index (κ1) is 10.6. The van der Waals surface area contributed by atoms with Crippen LogP contribution in [-0.4, -0.2) is 28.6 Å². The van der Waals surface area contributed by atoms with Crippen molar-refractivity contribution in [3.8, 4) is 0 Å². The molecule has 1 N–H and O–H groups in total. The molecule has 82 valence electrons. The van der Waals surface area contributed by atoms with Crippen LogP contribution in [0.4, 0.5) is 0 Å². The molecule has 0 aliphatic carbocycles. The molecule has 1 aromatic rings. The molecule has 3 nitrogen and oxygen atoms in total. The SMILES string of the molecule is CC1CCN(Cc2ccsc2)C1C(=O)O. The molecule has 2 unspecified atom stereocenters. The zero-order valence-electron chi connectivity index (χ0n) is 8.72. The molecule has 2 atom stereocenters. The minimum Gasteiger partial charge on any atom is -0.480 e. The van der Waals surface area contributed by atoms with Crippen LogP contribution >= 0.6 is 11.3 Å². The number of thiophene rings is 1. The second-order valence-electron chi connectivity index (χ2n) is 4.15. The summed E-state index contributed by atoms with van der Waals surface area (Å²) in [7, 11) is 0. The van der Waals surface area contributed by atoms with Gasteiger partial charge in [0.1, 0.15) is 6.04 Å². The Kier molecular flexibility index (Phi) is 3.07. The fourth-order valence-corrected chi connectivity index (χ4v) is 2.88. The molecule has 0 amide bonds. The van der Waals surface area contributed by atoms with Crippen molar-refractivity contribution in [2.75, 3.05) is 6.54 Å². The summed E-state index contributed by atoms with van der Waals surface area (Å²) < 4.78 is 0. The third kappa shape index (κ3) is 2.21. The van der Waals surface area contributed by atoms with E-state index in [0.717, 1.165) is 19.5 Å². The van der Waals surface area contributed by atoms with Crippen LogP contribution < -0.4 is 0 Å². The number of likely N-dealkylation sites (tertiary alicyclic amines) is 1. The van der Waals surface area contributed by atoms with Crippen molar-refractivity contribution in [1.29, 1.82) is 0 Å². The molecule has 2 heterocycles. The van der Waals surface area contributed by atoms with Gasteiger partial charge in [0, 0.05) is 6.54 Å². The highest BCUT2D eigenvalue weighted by Gasteiger charge is 2.36. The summed E-state index contributed by atoms with van der Waals surface area (Å²) in [5, 5.41) is 13.3. The summed E-state index contributed by atoms with van der Waals surface area (Å²) in [6.45, 7) is 3.69. The standard InChI is InChI=1S/C11H15NO2S/c1-8-2-4-12(10(8)11(13)14)6-9-3-5-15-7-9/h3,5,7-8,10H,2,4,6H2,1H3,(H,13,14). The Balaban J connectivity index is 2.06. The minimum absolute atomic E-state index is 0.265. The van der Waals surface area contributed by atoms with E-state index in [1.165, 1.54) is 5.56 Å². The maximum atomic E-state index is 11.1. The van der Waals surface area contributed by atoms with Crippen LogP contribution in [0.5, 0.6) is 0 Å². The molecule has 0 saturated carbocycles. The summed E-state index contributed by atoms with van der Waals surface area (Å²) in [5.74, 6) is -0.420. The van der Waals surface area contributed by atoms with Gasteiger partial charge in [-0.05, 0) is 41.3 Å². The van der Waals surface area contributed by atoms with E-state index in [4.69, 9.17) is 5.11 Å². The molecule has 0 bridgehead atoms. The van der Waals surface area contributed by atoms with Crippen molar-refractivity contribution in [2.45, 2.75) is 25.9 Å². The Hall–Kier alpha value is -0.870. The number of aliphatic carboxylic acids is 1. The Morgan fingerprint density at radius 3 is 3.13 bits per heavy atom. The minimum atomic E-state index is -0.685. The van der Waals surface area contributed by atoms with Crippen LogP contribution in [0.3, 0.4) is 0 Å². The van der Waals surface area contributed by atoms with Crippen molar-refractivity contribution < 1.29 is 9.90 Å². The van der Waals surface area contributed by atoms with Crippen molar-refractivity contribution in [2.24, 2.45) is 5.92 Å². The van der Waals surface area contributed by atoms with Gasteiger partial charge in [0.15, 0.2) is 0 Å². The molecule has 0 radical (unpaired) electrons. The molecular weight excluding hydrogens is 210 g/mol. The summed E-state index contributed by atoms with van der Waals surface area (Å²) in [4.78, 5) is 13.2. The van der Waals surface area contributed by atoms with E-state index in [9.17, 15) is 4.79 Å². The molecule has 0 aromatic carbocycles. The van der Waals surface area contributed by atoms with Crippen molar-refractivity contribution in [3.63, 3.8) is 0 Å². The lowest BCUT2D eigenvalue weighted by molar-refractivity contribution is -0.143. The predicted octanol–water partition coefficient (Wildman–Crippen LogP) is 2.04. The number of rotatable bonds is 3. The van der Waals surface area contributed by atoms with Crippen molar-refractivity contribution in [3.05, 3.63) is 22.4 Å². The zero-order chi connectivity index (χ0) is 10.8. The van der Waals surface area contributed by atoms with Gasteiger partial charge in [-0.3, -0.25) is 9.69 Å². The predicted molar refractivity (Wildman–Crippen MR) is 59.9 cm³/mol. The van der Waals surface area contributed by atoms with Crippen LogP contribution in [0.2, 0.25) is 0 Å². The van der Waals surface area contributed by atoms with E-state index in [1.807, 2.05) is 12.3 Å². The Labute approximate surface area is 93.3 Å². The first-order valence-electron chi connectivity index (χ1n) is 5.16. The van der Waals surface area contributed by atoms with Gasteiger partial charge in [-0.2, -0.15) is 11.3 Å². The van der Waals surface area contributed by atoms with Gasteiger partial charge in [-0.25, -0.2) is 0 Å². The third-order valence-electron chi connectivity index (χ3n) is 3.02. The Morgan fingerprint density at radius 1 is 1.73 bits per heavy atom. The van der Waals surface area contributed by atoms with Crippen LogP contribution in [0, 0.1) is 5.92 Å². The summed E-state index contributed by atoms with van der Waals surface area (Å²) in [6.07, 6.45) is 0.987. The van der Waals surface area contributed by atoms with Gasteiger partial charge >= 0.3 is 5.97 Å². The average Bonchev–Trinajstić information content (AvgIpc) is 2.76. The van der Waals surface area contributed by atoms with Gasteiger partial charge in [-0.1, -0.05) is 6.92 Å². The third-order valence-corrected chi connectivity index (χ3v) is 3.75. The maximum Gasteiger partial charge on any atom is 0.321 e. The fraction of sp³-hybridized carbons (Fsp3) is 0.545. The highest BCUT2D eigenvalue weighted by Crippen LogP contribution is 2.26. The lowest BCUT2D eigenvalue weighted by Gasteiger charge is -2.22. The molecule has 15 heavy (non-hydrogen) atoms. The van der Waals surface area contributed by atoms with Crippen molar-refractivity contribution >= 4 is 17.3 Å². The second kappa shape index (κ2) is 4.33. The largest absolute Gasteiger partial charge is 0.480 e. The van der Waals surface area contributed by atoms with E-state index >= 15 is 0 Å². The first-order valence-corrected chi connectivity index (χ1v) is 6.10. The molecule has 1 fully saturated rings. The highest BCUT2D eigenvalue weighted by molar-refractivity contribution is 7.07. The van der Waals surface area contributed by atoms with E-state index in [1.54, 1.807) is 11.3 Å². The normalized spacial score (nSPS) is 27.0. The number of carbonyl (C=O) groups is 1. The molecule has 1 saturated heterocycles. The van der Waals surface area contributed by atoms with Gasteiger partial charge in [-0.15, -0.1) is 0 Å². The second-order valence-corrected chi connectivity index (χ2v) is 4.93. The molecule has 1 aromatic heterocycles. The van der Waals surface area contributed by atoms with E-state index in [0.29, 0.717) is 0 Å². The van der Waals surface area contributed by atoms with Crippen LogP contribution in [0.15, 0.2) is 16.8 Å². The van der Waals surface area contributed by atoms with Crippen LogP contribution in [-0.2, 0) is 11.3 Å². The molecule has 0 spiro atoms. The van der Waals surface area contributed by atoms with E-state index in [-0.39, 0.29) is 12.0 Å². The number of nitrogens with zero attached hydrogens (tertiary/aromatic N) is 1. The van der Waals surface area contributed by atoms with Crippen molar-refractivity contribution in [1.82, 2.24) is 4.90 Å². The number of hydrogen-bond donors (Lipinski definition) is 1. The van der Waals surface area contributed by atoms with Gasteiger partial charge in [0.25, 0.3) is 0 Å². The lowest BCUT2D eigenvalue weighted by Crippen LogP contribution is -2.38. The van der Waals surface area contributed by atoms with E-state index in [2.05, 4.69) is 16.3 Å². The number of carboxylic acid groups (broad SMARTS) is 1. The molecule has 4 heteroatoms. The summed E-state index contributed by atoms with van der Waals surface area (Å²) in [5.41, 5.74) is 1.22. The average molecular weight is 225 g/mol. The van der Waals surface area contributed by atoms with E-state index < -0.39 is 5.97 Å². The van der Waals surface area contributed by atoms with Gasteiger partial charge < -0.3 is 5.11 Å². The molecule has 1 aliphatic rings. The summed E-state index contributed by atoms with van der Waals surface area (Å²) in [6, 6.07) is 1.76. The molecular formula is C11H15NO2S. The molecule has 2 rings (SSSR count). The fourth-order valence-electron chi connectivity index (χ4n) is 2.22. The monoisotopic (exact) mass is 225 g/mol. The first-order chi connectivity index (χ1) is 7.18. The summed E-state index contributed by atoms with van der Waals surface area (Å²) >= 11 is 1.66. The van der Waals surface area contributed by atoms with Gasteiger partial charge in [0.2, 0.25) is 0 Å². The molecule has 1 aliphatic heterocycles. The number of hydrogen-bond acceptors (Lipinski definition) is 3. The number of carboxylic acids is 1. The van der Waals surface area contributed by atoms with Crippen LogP contribution in [0.1, 0.15) is 18.9 Å². The Bertz CT molecular complexity index is 336. The van der Waals surface area contributed by atoms with Gasteiger partial charge in [0.05, 0.1) is 0 Å². The highest BCUT2D eigenvalue weighted by atomic mass is 32.1. The quantitative estimate of drug-likeness (QED) is 0.855. The van der Waals surface area contributed by atoms with Crippen LogP contribution in [0.25, 0.3) is 0 Å². The maximum absolute atomic E-state index is 11.1. The Morgan fingerprint density at radius 2 is 2.53 bits per heavy atom.